The van der Waals surface area contributed by atoms with Gasteiger partial charge < -0.3 is 24.5 Å². The summed E-state index contributed by atoms with van der Waals surface area (Å²) in [6.45, 7) is 5.66. The molecule has 4 aromatic rings. The number of carbonyl (C=O) groups is 1. The molecule has 7 nitrogen and oxygen atoms in total. The molecule has 0 unspecified atom stereocenters. The van der Waals surface area contributed by atoms with Crippen molar-refractivity contribution in [3.63, 3.8) is 0 Å². The maximum Gasteiger partial charge on any atom is 0.233 e. The van der Waals surface area contributed by atoms with Crippen LogP contribution in [0.2, 0.25) is 0 Å². The maximum absolute atomic E-state index is 15.2. The molecule has 176 valence electrons. The van der Waals surface area contributed by atoms with Crippen molar-refractivity contribution in [2.45, 2.75) is 20.8 Å². The molecule has 0 aliphatic heterocycles. The molecule has 0 bridgehead atoms. The molecule has 2 aromatic carbocycles. The van der Waals surface area contributed by atoms with Gasteiger partial charge in [0.15, 0.2) is 22.9 Å². The van der Waals surface area contributed by atoms with Gasteiger partial charge in [-0.25, -0.2) is 9.37 Å². The highest BCUT2D eigenvalue weighted by Crippen LogP contribution is 2.38. The van der Waals surface area contributed by atoms with E-state index in [1.807, 2.05) is 26.0 Å². The summed E-state index contributed by atoms with van der Waals surface area (Å²) in [5.41, 5.74) is 4.18. The standard InChI is InChI=1S/C26H26FN3O4/c1-13-7-8-17(14(2)9-13)30-21-10-16-20(12-29-21)34-26(24(16)28-4)25(31)22-15(3)18(32-5)11-19(33-6)23(22)27/h7-12,28H,1-6H3,(H,29,30). The van der Waals surface area contributed by atoms with Gasteiger partial charge in [0.2, 0.25) is 5.78 Å². The quantitative estimate of drug-likeness (QED) is 0.329. The molecule has 0 spiro atoms. The lowest BCUT2D eigenvalue weighted by atomic mass is 9.99. The Morgan fingerprint density at radius 2 is 1.79 bits per heavy atom. The molecule has 0 aliphatic rings. The molecule has 34 heavy (non-hydrogen) atoms. The van der Waals surface area contributed by atoms with Crippen molar-refractivity contribution in [1.82, 2.24) is 4.98 Å². The zero-order valence-corrected chi connectivity index (χ0v) is 19.9. The summed E-state index contributed by atoms with van der Waals surface area (Å²) in [7, 11) is 4.45. The van der Waals surface area contributed by atoms with Crippen LogP contribution in [-0.2, 0) is 0 Å². The maximum atomic E-state index is 15.2. The first-order chi connectivity index (χ1) is 16.3. The Balaban J connectivity index is 1.81. The van der Waals surface area contributed by atoms with E-state index in [1.165, 1.54) is 32.0 Å². The van der Waals surface area contributed by atoms with Crippen molar-refractivity contribution < 1.29 is 23.1 Å². The molecule has 0 saturated heterocycles. The van der Waals surface area contributed by atoms with Gasteiger partial charge in [-0.2, -0.15) is 0 Å². The molecular weight excluding hydrogens is 437 g/mol. The fraction of sp³-hybridized carbons (Fsp3) is 0.231. The second-order valence-electron chi connectivity index (χ2n) is 7.99. The van der Waals surface area contributed by atoms with Gasteiger partial charge >= 0.3 is 0 Å². The molecule has 0 saturated carbocycles. The largest absolute Gasteiger partial charge is 0.496 e. The highest BCUT2D eigenvalue weighted by Gasteiger charge is 2.29. The number of ether oxygens (including phenoxy) is 2. The predicted octanol–water partition coefficient (Wildman–Crippen LogP) is 5.93. The Morgan fingerprint density at radius 3 is 2.44 bits per heavy atom. The van der Waals surface area contributed by atoms with Crippen LogP contribution in [0.4, 0.5) is 21.6 Å². The van der Waals surface area contributed by atoms with Gasteiger partial charge in [0, 0.05) is 29.8 Å². The summed E-state index contributed by atoms with van der Waals surface area (Å²) in [6, 6.07) is 9.28. The molecule has 8 heteroatoms. The van der Waals surface area contributed by atoms with Crippen LogP contribution >= 0.6 is 0 Å². The molecular formula is C26H26FN3O4. The van der Waals surface area contributed by atoms with Crippen LogP contribution in [0.25, 0.3) is 11.0 Å². The number of ketones is 1. The highest BCUT2D eigenvalue weighted by molar-refractivity contribution is 6.16. The van der Waals surface area contributed by atoms with Crippen LogP contribution in [0.15, 0.2) is 40.9 Å². The van der Waals surface area contributed by atoms with Crippen molar-refractivity contribution in [2.75, 3.05) is 31.9 Å². The van der Waals surface area contributed by atoms with Crippen LogP contribution in [0.5, 0.6) is 11.5 Å². The monoisotopic (exact) mass is 463 g/mol. The van der Waals surface area contributed by atoms with Crippen LogP contribution < -0.4 is 20.1 Å². The Morgan fingerprint density at radius 1 is 1.06 bits per heavy atom. The third kappa shape index (κ3) is 3.91. The van der Waals surface area contributed by atoms with Crippen LogP contribution in [0, 0.1) is 26.6 Å². The summed E-state index contributed by atoms with van der Waals surface area (Å²) < 4.78 is 31.4. The van der Waals surface area contributed by atoms with Gasteiger partial charge in [0.1, 0.15) is 11.6 Å². The number of anilines is 3. The Bertz CT molecular complexity index is 1380. The van der Waals surface area contributed by atoms with E-state index in [0.29, 0.717) is 33.8 Å². The van der Waals surface area contributed by atoms with Gasteiger partial charge in [-0.15, -0.1) is 0 Å². The van der Waals surface area contributed by atoms with E-state index in [4.69, 9.17) is 13.9 Å². The minimum Gasteiger partial charge on any atom is -0.496 e. The van der Waals surface area contributed by atoms with Crippen molar-refractivity contribution in [2.24, 2.45) is 0 Å². The smallest absolute Gasteiger partial charge is 0.233 e. The van der Waals surface area contributed by atoms with E-state index in [0.717, 1.165) is 11.3 Å². The van der Waals surface area contributed by atoms with Gasteiger partial charge in [-0.3, -0.25) is 4.79 Å². The number of methoxy groups -OCH3 is 2. The summed E-state index contributed by atoms with van der Waals surface area (Å²) in [5, 5.41) is 6.96. The number of nitrogens with zero attached hydrogens (tertiary/aromatic N) is 1. The van der Waals surface area contributed by atoms with Gasteiger partial charge in [0.05, 0.1) is 31.7 Å². The Kier molecular flexibility index (Phi) is 6.15. The molecule has 0 amide bonds. The number of benzene rings is 2. The van der Waals surface area contributed by atoms with Crippen LogP contribution in [0.1, 0.15) is 32.8 Å². The second-order valence-corrected chi connectivity index (χ2v) is 7.99. The normalized spacial score (nSPS) is 10.9. The number of carbonyl (C=O) groups excluding carboxylic acids is 1. The van der Waals surface area contributed by atoms with Crippen molar-refractivity contribution in [1.29, 1.82) is 0 Å². The number of aryl methyl sites for hydroxylation is 2. The topological polar surface area (TPSA) is 85.6 Å². The second kappa shape index (κ2) is 9.05. The van der Waals surface area contributed by atoms with E-state index < -0.39 is 11.6 Å². The van der Waals surface area contributed by atoms with E-state index in [2.05, 4.69) is 21.7 Å². The predicted molar refractivity (Wildman–Crippen MR) is 130 cm³/mol. The number of halogens is 1. The average molecular weight is 464 g/mol. The minimum atomic E-state index is -0.774. The fourth-order valence-corrected chi connectivity index (χ4v) is 4.02. The van der Waals surface area contributed by atoms with Crippen LogP contribution in [-0.4, -0.2) is 32.0 Å². The van der Waals surface area contributed by atoms with E-state index >= 15 is 4.39 Å². The molecule has 0 aliphatic carbocycles. The third-order valence-electron chi connectivity index (χ3n) is 5.79. The summed E-state index contributed by atoms with van der Waals surface area (Å²) >= 11 is 0. The van der Waals surface area contributed by atoms with Crippen LogP contribution in [0.3, 0.4) is 0 Å². The van der Waals surface area contributed by atoms with Gasteiger partial charge in [-0.05, 0) is 38.5 Å². The first-order valence-electron chi connectivity index (χ1n) is 10.7. The van der Waals surface area contributed by atoms with Crippen molar-refractivity contribution in [3.8, 4) is 11.5 Å². The number of furan rings is 1. The number of fused-ring (bicyclic) bond motifs is 1. The molecule has 0 fully saturated rings. The average Bonchev–Trinajstić information content (AvgIpc) is 3.19. The lowest BCUT2D eigenvalue weighted by Gasteiger charge is -2.14. The van der Waals surface area contributed by atoms with Gasteiger partial charge in [-0.1, -0.05) is 17.7 Å². The Labute approximate surface area is 196 Å². The molecule has 0 radical (unpaired) electrons. The molecule has 2 aromatic heterocycles. The van der Waals surface area contributed by atoms with E-state index in [1.54, 1.807) is 20.0 Å². The van der Waals surface area contributed by atoms with Crippen molar-refractivity contribution >= 4 is 33.9 Å². The summed E-state index contributed by atoms with van der Waals surface area (Å²) in [6.07, 6.45) is 1.54. The van der Waals surface area contributed by atoms with Gasteiger partial charge in [0.25, 0.3) is 0 Å². The van der Waals surface area contributed by atoms with E-state index in [9.17, 15) is 4.79 Å². The fourth-order valence-electron chi connectivity index (χ4n) is 4.02. The lowest BCUT2D eigenvalue weighted by Crippen LogP contribution is -2.10. The number of hydrogen-bond donors (Lipinski definition) is 2. The number of nitrogens with one attached hydrogen (secondary N) is 2. The molecule has 0 atom stereocenters. The first kappa shape index (κ1) is 23.1. The number of hydrogen-bond acceptors (Lipinski definition) is 7. The zero-order valence-electron chi connectivity index (χ0n) is 19.9. The minimum absolute atomic E-state index is 0.0275. The first-order valence-corrected chi connectivity index (χ1v) is 10.7. The molecule has 2 N–H and O–H groups in total. The number of pyridine rings is 1. The lowest BCUT2D eigenvalue weighted by molar-refractivity contribution is 0.101. The third-order valence-corrected chi connectivity index (χ3v) is 5.79. The highest BCUT2D eigenvalue weighted by atomic mass is 19.1. The SMILES string of the molecule is CNc1c(C(=O)c2c(C)c(OC)cc(OC)c2F)oc2cnc(Nc3ccc(C)cc3C)cc12. The molecule has 2 heterocycles. The van der Waals surface area contributed by atoms with E-state index in [-0.39, 0.29) is 17.1 Å². The Hall–Kier alpha value is -4.07. The summed E-state index contributed by atoms with van der Waals surface area (Å²) in [5.74, 6) is -0.596. The summed E-state index contributed by atoms with van der Waals surface area (Å²) in [4.78, 5) is 17.9. The number of rotatable bonds is 7. The number of aromatic nitrogens is 1. The van der Waals surface area contributed by atoms with Crippen molar-refractivity contribution in [3.05, 3.63) is 70.4 Å². The zero-order chi connectivity index (χ0) is 24.6. The molecule has 4 rings (SSSR count).